The maximum Gasteiger partial charge on any atom is 0.251 e. The Morgan fingerprint density at radius 3 is 2.18 bits per heavy atom. The van der Waals surface area contributed by atoms with Crippen LogP contribution in [0.25, 0.3) is 0 Å². The molecular weight excluding hydrogens is 510 g/mol. The van der Waals surface area contributed by atoms with Gasteiger partial charge in [-0.05, 0) is 72.1 Å². The average Bonchev–Trinajstić information content (AvgIpc) is 2.94. The second kappa shape index (κ2) is 14.7. The van der Waals surface area contributed by atoms with Gasteiger partial charge in [0.15, 0.2) is 0 Å². The molecule has 1 saturated carbocycles. The highest BCUT2D eigenvalue weighted by atomic mass is 35.5. The molecule has 0 spiro atoms. The summed E-state index contributed by atoms with van der Waals surface area (Å²) in [6.07, 6.45) is 3.41. The van der Waals surface area contributed by atoms with Crippen molar-refractivity contribution in [3.63, 3.8) is 0 Å². The molecule has 39 heavy (non-hydrogen) atoms. The summed E-state index contributed by atoms with van der Waals surface area (Å²) in [6, 6.07) is 24.3. The zero-order chi connectivity index (χ0) is 26.9. The first kappa shape index (κ1) is 30.2. The van der Waals surface area contributed by atoms with E-state index in [4.69, 9.17) is 10.5 Å². The van der Waals surface area contributed by atoms with Crippen LogP contribution in [0.5, 0.6) is 5.75 Å². The topological polar surface area (TPSA) is 93.5 Å². The third kappa shape index (κ3) is 8.84. The van der Waals surface area contributed by atoms with E-state index < -0.39 is 6.04 Å². The largest absolute Gasteiger partial charge is 0.489 e. The zero-order valence-corrected chi connectivity index (χ0v) is 23.6. The summed E-state index contributed by atoms with van der Waals surface area (Å²) in [6.45, 7) is 5.42. The number of amides is 2. The SMILES string of the molecule is CC1CCC(NC(=O)[C@H](Cc2ccc(OCc3ccccc3)cc2)NC(=O)c2ccc(CN)cc2)CC1C.Cl. The summed E-state index contributed by atoms with van der Waals surface area (Å²) < 4.78 is 5.90. The molecule has 0 aromatic heterocycles. The fourth-order valence-corrected chi connectivity index (χ4v) is 4.92. The highest BCUT2D eigenvalue weighted by Gasteiger charge is 2.29. The van der Waals surface area contributed by atoms with Gasteiger partial charge in [-0.2, -0.15) is 0 Å². The molecule has 0 bridgehead atoms. The smallest absolute Gasteiger partial charge is 0.251 e. The Morgan fingerprint density at radius 2 is 1.54 bits per heavy atom. The summed E-state index contributed by atoms with van der Waals surface area (Å²) in [4.78, 5) is 26.5. The van der Waals surface area contributed by atoms with Crippen molar-refractivity contribution in [1.82, 2.24) is 10.6 Å². The molecular formula is C32H40ClN3O3. The minimum Gasteiger partial charge on any atom is -0.489 e. The molecule has 4 N–H and O–H groups in total. The lowest BCUT2D eigenvalue weighted by Crippen LogP contribution is -2.51. The lowest BCUT2D eigenvalue weighted by Gasteiger charge is -2.33. The molecule has 3 aromatic carbocycles. The number of carbonyl (C=O) groups excluding carboxylic acids is 2. The van der Waals surface area contributed by atoms with E-state index in [1.54, 1.807) is 12.1 Å². The maximum absolute atomic E-state index is 13.4. The maximum atomic E-state index is 13.4. The Balaban J connectivity index is 0.00000420. The predicted octanol–water partition coefficient (Wildman–Crippen LogP) is 5.43. The van der Waals surface area contributed by atoms with Gasteiger partial charge in [0, 0.05) is 24.6 Å². The van der Waals surface area contributed by atoms with Crippen LogP contribution in [0.15, 0.2) is 78.9 Å². The van der Waals surface area contributed by atoms with Crippen LogP contribution >= 0.6 is 12.4 Å². The van der Waals surface area contributed by atoms with Crippen LogP contribution in [-0.4, -0.2) is 23.9 Å². The Hall–Kier alpha value is -3.35. The summed E-state index contributed by atoms with van der Waals surface area (Å²) in [5.74, 6) is 1.56. The van der Waals surface area contributed by atoms with Crippen LogP contribution in [0, 0.1) is 11.8 Å². The first-order valence-electron chi connectivity index (χ1n) is 13.6. The summed E-state index contributed by atoms with van der Waals surface area (Å²) in [7, 11) is 0. The van der Waals surface area contributed by atoms with Crippen molar-refractivity contribution in [3.8, 4) is 5.75 Å². The monoisotopic (exact) mass is 549 g/mol. The molecule has 3 unspecified atom stereocenters. The molecule has 4 rings (SSSR count). The van der Waals surface area contributed by atoms with E-state index in [9.17, 15) is 9.59 Å². The van der Waals surface area contributed by atoms with Crippen molar-refractivity contribution in [2.45, 2.75) is 64.8 Å². The number of carbonyl (C=O) groups is 2. The first-order chi connectivity index (χ1) is 18.4. The van der Waals surface area contributed by atoms with Crippen molar-refractivity contribution in [2.24, 2.45) is 17.6 Å². The van der Waals surface area contributed by atoms with E-state index >= 15 is 0 Å². The lowest BCUT2D eigenvalue weighted by molar-refractivity contribution is -0.124. The van der Waals surface area contributed by atoms with Crippen LogP contribution in [0.1, 0.15) is 60.2 Å². The molecule has 1 aliphatic rings. The van der Waals surface area contributed by atoms with Crippen molar-refractivity contribution in [3.05, 3.63) is 101 Å². The van der Waals surface area contributed by atoms with Crippen LogP contribution in [0.3, 0.4) is 0 Å². The van der Waals surface area contributed by atoms with Gasteiger partial charge in [-0.3, -0.25) is 9.59 Å². The van der Waals surface area contributed by atoms with E-state index in [0.717, 1.165) is 41.7 Å². The van der Waals surface area contributed by atoms with Crippen LogP contribution < -0.4 is 21.1 Å². The second-order valence-electron chi connectivity index (χ2n) is 10.5. The number of halogens is 1. The number of ether oxygens (including phenoxy) is 1. The molecule has 0 heterocycles. The predicted molar refractivity (Wildman–Crippen MR) is 158 cm³/mol. The summed E-state index contributed by atoms with van der Waals surface area (Å²) >= 11 is 0. The molecule has 6 nitrogen and oxygen atoms in total. The Labute approximate surface area is 238 Å². The molecule has 0 aliphatic heterocycles. The molecule has 0 saturated heterocycles. The Kier molecular flexibility index (Phi) is 11.4. The van der Waals surface area contributed by atoms with Crippen molar-refractivity contribution in [1.29, 1.82) is 0 Å². The number of nitrogens with two attached hydrogens (primary N) is 1. The molecule has 1 fully saturated rings. The normalized spacial score (nSPS) is 19.3. The van der Waals surface area contributed by atoms with Gasteiger partial charge in [0.1, 0.15) is 18.4 Å². The van der Waals surface area contributed by atoms with Gasteiger partial charge in [0.25, 0.3) is 5.91 Å². The minimum atomic E-state index is -0.692. The first-order valence-corrected chi connectivity index (χ1v) is 13.6. The van der Waals surface area contributed by atoms with Crippen LogP contribution in [0.4, 0.5) is 0 Å². The van der Waals surface area contributed by atoms with E-state index in [1.165, 1.54) is 0 Å². The third-order valence-electron chi connectivity index (χ3n) is 7.63. The fourth-order valence-electron chi connectivity index (χ4n) is 4.92. The van der Waals surface area contributed by atoms with E-state index in [0.29, 0.717) is 37.0 Å². The van der Waals surface area contributed by atoms with Crippen LogP contribution in [0.2, 0.25) is 0 Å². The molecule has 0 radical (unpaired) electrons. The number of nitrogens with one attached hydrogen (secondary N) is 2. The highest BCUT2D eigenvalue weighted by Crippen LogP contribution is 2.29. The van der Waals surface area contributed by atoms with Crippen molar-refractivity contribution < 1.29 is 14.3 Å². The number of hydrogen-bond acceptors (Lipinski definition) is 4. The lowest BCUT2D eigenvalue weighted by atomic mass is 9.79. The van der Waals surface area contributed by atoms with Gasteiger partial charge in [-0.25, -0.2) is 0 Å². The zero-order valence-electron chi connectivity index (χ0n) is 22.8. The van der Waals surface area contributed by atoms with E-state index in [-0.39, 0.29) is 30.3 Å². The Bertz CT molecular complexity index is 1190. The van der Waals surface area contributed by atoms with Gasteiger partial charge < -0.3 is 21.1 Å². The van der Waals surface area contributed by atoms with Gasteiger partial charge in [-0.15, -0.1) is 12.4 Å². The van der Waals surface area contributed by atoms with Crippen molar-refractivity contribution in [2.75, 3.05) is 0 Å². The molecule has 7 heteroatoms. The van der Waals surface area contributed by atoms with Crippen molar-refractivity contribution >= 4 is 24.2 Å². The van der Waals surface area contributed by atoms with Gasteiger partial charge in [0.05, 0.1) is 0 Å². The molecule has 2 amide bonds. The molecule has 4 atom stereocenters. The number of benzene rings is 3. The Morgan fingerprint density at radius 1 is 0.872 bits per heavy atom. The minimum absolute atomic E-state index is 0. The highest BCUT2D eigenvalue weighted by molar-refractivity contribution is 5.97. The molecule has 208 valence electrons. The molecule has 1 aliphatic carbocycles. The standard InChI is InChI=1S/C32H39N3O3.ClH/c1-22-8-15-28(18-23(22)2)34-32(37)30(35-31(36)27-13-9-25(20-33)10-14-27)19-24-11-16-29(17-12-24)38-21-26-6-4-3-5-7-26;/h3-7,9-14,16-17,22-23,28,30H,8,15,18-21,33H2,1-2H3,(H,34,37)(H,35,36);1H/t22?,23?,28?,30-;/m0./s1. The van der Waals surface area contributed by atoms with E-state index in [1.807, 2.05) is 66.7 Å². The summed E-state index contributed by atoms with van der Waals surface area (Å²) in [5, 5.41) is 6.20. The second-order valence-corrected chi connectivity index (χ2v) is 10.5. The van der Waals surface area contributed by atoms with Gasteiger partial charge in [-0.1, -0.05) is 68.4 Å². The average molecular weight is 550 g/mol. The third-order valence-corrected chi connectivity index (χ3v) is 7.63. The van der Waals surface area contributed by atoms with E-state index in [2.05, 4.69) is 24.5 Å². The quantitative estimate of drug-likeness (QED) is 0.314. The number of rotatable bonds is 10. The molecule has 3 aromatic rings. The van der Waals surface area contributed by atoms with Crippen LogP contribution in [-0.2, 0) is 24.4 Å². The summed E-state index contributed by atoms with van der Waals surface area (Å²) in [5.41, 5.74) is 9.19. The van der Waals surface area contributed by atoms with Gasteiger partial charge in [0.2, 0.25) is 5.91 Å². The fraction of sp³-hybridized carbons (Fsp3) is 0.375. The number of hydrogen-bond donors (Lipinski definition) is 3. The van der Waals surface area contributed by atoms with Gasteiger partial charge >= 0.3 is 0 Å².